The number of anilines is 1. The monoisotopic (exact) mass is 217 g/mol. The van der Waals surface area contributed by atoms with Crippen LogP contribution in [0.25, 0.3) is 11.0 Å². The van der Waals surface area contributed by atoms with E-state index in [-0.39, 0.29) is 0 Å². The minimum atomic E-state index is 0.494. The molecule has 84 valence electrons. The van der Waals surface area contributed by atoms with E-state index >= 15 is 0 Å². The van der Waals surface area contributed by atoms with Gasteiger partial charge in [0.2, 0.25) is 0 Å². The molecule has 0 unspecified atom stereocenters. The summed E-state index contributed by atoms with van der Waals surface area (Å²) in [6.45, 7) is 1.70. The van der Waals surface area contributed by atoms with Gasteiger partial charge in [-0.1, -0.05) is 0 Å². The van der Waals surface area contributed by atoms with Crippen LogP contribution in [0.1, 0.15) is 12.8 Å². The number of pyridine rings is 1. The second kappa shape index (κ2) is 4.14. The Hall–Kier alpha value is -1.55. The maximum absolute atomic E-state index is 5.33. The molecule has 1 aliphatic heterocycles. The third kappa shape index (κ3) is 1.88. The quantitative estimate of drug-likeness (QED) is 0.810. The molecule has 0 atom stereocenters. The van der Waals surface area contributed by atoms with Gasteiger partial charge in [-0.3, -0.25) is 0 Å². The Balaban J connectivity index is 1.77. The van der Waals surface area contributed by atoms with Crippen molar-refractivity contribution in [2.75, 3.05) is 18.5 Å². The standard InChI is InChI=1S/C12H15N3O/c1-2-11(14-10-4-7-16-8-5-10)15-12-9(1)3-6-13-12/h1-3,6,10H,4-5,7-8H2,(H2,13,14,15). The van der Waals surface area contributed by atoms with Gasteiger partial charge in [-0.2, -0.15) is 0 Å². The van der Waals surface area contributed by atoms with Gasteiger partial charge in [0.1, 0.15) is 11.5 Å². The van der Waals surface area contributed by atoms with Crippen LogP contribution in [0.5, 0.6) is 0 Å². The van der Waals surface area contributed by atoms with Gasteiger partial charge in [0.15, 0.2) is 0 Å². The molecule has 0 aliphatic carbocycles. The summed E-state index contributed by atoms with van der Waals surface area (Å²) in [5.74, 6) is 0.946. The van der Waals surface area contributed by atoms with E-state index in [1.54, 1.807) is 0 Å². The predicted molar refractivity (Wildman–Crippen MR) is 63.6 cm³/mol. The Labute approximate surface area is 94.0 Å². The van der Waals surface area contributed by atoms with Gasteiger partial charge < -0.3 is 15.0 Å². The second-order valence-corrected chi connectivity index (χ2v) is 4.14. The third-order valence-electron chi connectivity index (χ3n) is 2.98. The number of rotatable bonds is 2. The Morgan fingerprint density at radius 2 is 2.12 bits per heavy atom. The number of hydrogen-bond acceptors (Lipinski definition) is 3. The topological polar surface area (TPSA) is 49.9 Å². The summed E-state index contributed by atoms with van der Waals surface area (Å²) >= 11 is 0. The molecule has 0 bridgehead atoms. The Morgan fingerprint density at radius 3 is 3.00 bits per heavy atom. The molecule has 2 aromatic rings. The first-order chi connectivity index (χ1) is 7.92. The predicted octanol–water partition coefficient (Wildman–Crippen LogP) is 2.15. The highest BCUT2D eigenvalue weighted by molar-refractivity contribution is 5.77. The van der Waals surface area contributed by atoms with E-state index in [1.807, 2.05) is 18.3 Å². The van der Waals surface area contributed by atoms with E-state index in [1.165, 1.54) is 0 Å². The average Bonchev–Trinajstić information content (AvgIpc) is 2.77. The first-order valence-corrected chi connectivity index (χ1v) is 5.70. The summed E-state index contributed by atoms with van der Waals surface area (Å²) in [6, 6.07) is 6.64. The van der Waals surface area contributed by atoms with Crippen LogP contribution in [0.4, 0.5) is 5.82 Å². The van der Waals surface area contributed by atoms with Gasteiger partial charge in [-0.25, -0.2) is 4.98 Å². The summed E-state index contributed by atoms with van der Waals surface area (Å²) < 4.78 is 5.33. The largest absolute Gasteiger partial charge is 0.381 e. The van der Waals surface area contributed by atoms with E-state index in [4.69, 9.17) is 4.74 Å². The molecule has 2 aromatic heterocycles. The Kier molecular flexibility index (Phi) is 2.50. The molecule has 3 heterocycles. The van der Waals surface area contributed by atoms with Gasteiger partial charge in [-0.05, 0) is 31.0 Å². The number of fused-ring (bicyclic) bond motifs is 1. The van der Waals surface area contributed by atoms with Gasteiger partial charge in [0.05, 0.1) is 0 Å². The van der Waals surface area contributed by atoms with Crippen molar-refractivity contribution in [1.29, 1.82) is 0 Å². The lowest BCUT2D eigenvalue weighted by Crippen LogP contribution is -2.28. The molecule has 0 spiro atoms. The lowest BCUT2D eigenvalue weighted by Gasteiger charge is -2.23. The fraction of sp³-hybridized carbons (Fsp3) is 0.417. The maximum Gasteiger partial charge on any atom is 0.139 e. The summed E-state index contributed by atoms with van der Waals surface area (Å²) in [4.78, 5) is 7.64. The fourth-order valence-electron chi connectivity index (χ4n) is 2.06. The van der Waals surface area contributed by atoms with Crippen LogP contribution in [0.15, 0.2) is 24.4 Å². The van der Waals surface area contributed by atoms with Gasteiger partial charge in [0, 0.05) is 30.8 Å². The fourth-order valence-corrected chi connectivity index (χ4v) is 2.06. The minimum absolute atomic E-state index is 0.494. The van der Waals surface area contributed by atoms with Crippen LogP contribution in [0, 0.1) is 0 Å². The number of nitrogens with zero attached hydrogens (tertiary/aromatic N) is 1. The lowest BCUT2D eigenvalue weighted by molar-refractivity contribution is 0.0904. The van der Waals surface area contributed by atoms with Crippen LogP contribution in [0.2, 0.25) is 0 Å². The number of aromatic nitrogens is 2. The van der Waals surface area contributed by atoms with Crippen molar-refractivity contribution < 1.29 is 4.74 Å². The maximum atomic E-state index is 5.33. The van der Waals surface area contributed by atoms with Crippen LogP contribution in [-0.4, -0.2) is 29.2 Å². The molecule has 0 aromatic carbocycles. The molecular weight excluding hydrogens is 202 g/mol. The molecule has 1 saturated heterocycles. The molecule has 0 radical (unpaired) electrons. The molecule has 0 amide bonds. The van der Waals surface area contributed by atoms with Crippen molar-refractivity contribution in [2.45, 2.75) is 18.9 Å². The number of hydrogen-bond donors (Lipinski definition) is 2. The van der Waals surface area contributed by atoms with Crippen LogP contribution in [0.3, 0.4) is 0 Å². The van der Waals surface area contributed by atoms with Crippen molar-refractivity contribution in [1.82, 2.24) is 9.97 Å². The summed E-state index contributed by atoms with van der Waals surface area (Å²) in [5.41, 5.74) is 0.942. The molecular formula is C12H15N3O. The number of nitrogens with one attached hydrogen (secondary N) is 2. The van der Waals surface area contributed by atoms with Crippen molar-refractivity contribution in [3.05, 3.63) is 24.4 Å². The lowest BCUT2D eigenvalue weighted by atomic mass is 10.1. The van der Waals surface area contributed by atoms with E-state index in [0.717, 1.165) is 42.9 Å². The molecule has 1 fully saturated rings. The molecule has 2 N–H and O–H groups in total. The van der Waals surface area contributed by atoms with E-state index < -0.39 is 0 Å². The molecule has 4 heteroatoms. The molecule has 4 nitrogen and oxygen atoms in total. The zero-order valence-electron chi connectivity index (χ0n) is 9.07. The SMILES string of the molecule is c1cc2ccc(NC3CCOCC3)nc2[nH]1. The smallest absolute Gasteiger partial charge is 0.139 e. The highest BCUT2D eigenvalue weighted by Crippen LogP contribution is 2.16. The Morgan fingerprint density at radius 1 is 1.25 bits per heavy atom. The minimum Gasteiger partial charge on any atom is -0.381 e. The van der Waals surface area contributed by atoms with Gasteiger partial charge >= 0.3 is 0 Å². The summed E-state index contributed by atoms with van der Waals surface area (Å²) in [6.07, 6.45) is 4.03. The molecule has 16 heavy (non-hydrogen) atoms. The highest BCUT2D eigenvalue weighted by atomic mass is 16.5. The van der Waals surface area contributed by atoms with E-state index in [0.29, 0.717) is 6.04 Å². The Bertz CT molecular complexity index is 474. The third-order valence-corrected chi connectivity index (χ3v) is 2.98. The zero-order valence-corrected chi connectivity index (χ0v) is 9.07. The number of H-pyrrole nitrogens is 1. The van der Waals surface area contributed by atoms with Crippen molar-refractivity contribution in [3.63, 3.8) is 0 Å². The first kappa shape index (κ1) is 9.66. The van der Waals surface area contributed by atoms with Crippen LogP contribution < -0.4 is 5.32 Å². The van der Waals surface area contributed by atoms with Crippen LogP contribution >= 0.6 is 0 Å². The highest BCUT2D eigenvalue weighted by Gasteiger charge is 2.13. The van der Waals surface area contributed by atoms with E-state index in [2.05, 4.69) is 21.4 Å². The average molecular weight is 217 g/mol. The van der Waals surface area contributed by atoms with Gasteiger partial charge in [-0.15, -0.1) is 0 Å². The molecule has 3 rings (SSSR count). The summed E-state index contributed by atoms with van der Waals surface area (Å²) in [7, 11) is 0. The van der Waals surface area contributed by atoms with Crippen LogP contribution in [-0.2, 0) is 4.74 Å². The van der Waals surface area contributed by atoms with Crippen molar-refractivity contribution in [2.24, 2.45) is 0 Å². The normalized spacial score (nSPS) is 17.8. The number of ether oxygens (including phenoxy) is 1. The van der Waals surface area contributed by atoms with Crippen molar-refractivity contribution >= 4 is 16.9 Å². The second-order valence-electron chi connectivity index (χ2n) is 4.14. The number of aromatic amines is 1. The van der Waals surface area contributed by atoms with Crippen molar-refractivity contribution in [3.8, 4) is 0 Å². The molecule has 0 saturated carbocycles. The first-order valence-electron chi connectivity index (χ1n) is 5.70. The zero-order chi connectivity index (χ0) is 10.8. The van der Waals surface area contributed by atoms with Gasteiger partial charge in [0.25, 0.3) is 0 Å². The van der Waals surface area contributed by atoms with E-state index in [9.17, 15) is 0 Å². The molecule has 1 aliphatic rings. The summed E-state index contributed by atoms with van der Waals surface area (Å²) in [5, 5.41) is 4.60.